The zero-order chi connectivity index (χ0) is 10.1. The van der Waals surface area contributed by atoms with Gasteiger partial charge in [-0.15, -0.1) is 0 Å². The van der Waals surface area contributed by atoms with Crippen LogP contribution in [0.15, 0.2) is 18.2 Å². The Hall–Kier alpha value is -0.530. The summed E-state index contributed by atoms with van der Waals surface area (Å²) in [4.78, 5) is 0. The van der Waals surface area contributed by atoms with E-state index in [9.17, 15) is 5.11 Å². The molecule has 0 aliphatic heterocycles. The van der Waals surface area contributed by atoms with Gasteiger partial charge >= 0.3 is 0 Å². The van der Waals surface area contributed by atoms with Crippen molar-refractivity contribution >= 4 is 11.6 Å². The van der Waals surface area contributed by atoms with E-state index in [-0.39, 0.29) is 6.10 Å². The fourth-order valence-corrected chi connectivity index (χ4v) is 1.81. The van der Waals surface area contributed by atoms with Crippen LogP contribution in [-0.2, 0) is 0 Å². The van der Waals surface area contributed by atoms with Crippen LogP contribution in [0.1, 0.15) is 36.5 Å². The minimum Gasteiger partial charge on any atom is -0.388 e. The van der Waals surface area contributed by atoms with E-state index in [0.29, 0.717) is 0 Å². The normalized spacial score (nSPS) is 18.2. The molecular formula is C12H15ClO. The number of hydrogen-bond donors (Lipinski definition) is 1. The first-order valence-corrected chi connectivity index (χ1v) is 5.48. The molecule has 2 heteroatoms. The Morgan fingerprint density at radius 2 is 2.21 bits per heavy atom. The average Bonchev–Trinajstić information content (AvgIpc) is 2.93. The first-order valence-electron chi connectivity index (χ1n) is 5.11. The lowest BCUT2D eigenvalue weighted by molar-refractivity contribution is 0.160. The van der Waals surface area contributed by atoms with Gasteiger partial charge < -0.3 is 5.11 Å². The Bertz CT molecular complexity index is 331. The van der Waals surface area contributed by atoms with Gasteiger partial charge in [-0.3, -0.25) is 0 Å². The van der Waals surface area contributed by atoms with Gasteiger partial charge in [0.1, 0.15) is 0 Å². The molecule has 1 N–H and O–H groups in total. The maximum atomic E-state index is 9.89. The van der Waals surface area contributed by atoms with Crippen molar-refractivity contribution in [3.63, 3.8) is 0 Å². The Labute approximate surface area is 89.7 Å². The van der Waals surface area contributed by atoms with Gasteiger partial charge in [-0.05, 0) is 36.5 Å². The van der Waals surface area contributed by atoms with Crippen LogP contribution in [0.4, 0.5) is 0 Å². The molecule has 76 valence electrons. The van der Waals surface area contributed by atoms with Crippen LogP contribution in [0.3, 0.4) is 0 Å². The monoisotopic (exact) mass is 210 g/mol. The van der Waals surface area contributed by atoms with Crippen molar-refractivity contribution in [2.45, 2.75) is 32.3 Å². The molecule has 1 saturated carbocycles. The van der Waals surface area contributed by atoms with E-state index < -0.39 is 0 Å². The second kappa shape index (κ2) is 3.92. The van der Waals surface area contributed by atoms with Crippen molar-refractivity contribution in [3.8, 4) is 0 Å². The van der Waals surface area contributed by atoms with Gasteiger partial charge in [0.05, 0.1) is 6.10 Å². The molecular weight excluding hydrogens is 196 g/mol. The lowest BCUT2D eigenvalue weighted by Gasteiger charge is -2.11. The molecule has 0 heterocycles. The lowest BCUT2D eigenvalue weighted by Crippen LogP contribution is -1.98. The summed E-state index contributed by atoms with van der Waals surface area (Å²) in [5.41, 5.74) is 2.02. The van der Waals surface area contributed by atoms with Gasteiger partial charge in [-0.25, -0.2) is 0 Å². The summed E-state index contributed by atoms with van der Waals surface area (Å²) in [7, 11) is 0. The zero-order valence-corrected chi connectivity index (χ0v) is 9.09. The summed E-state index contributed by atoms with van der Waals surface area (Å²) in [5, 5.41) is 10.6. The van der Waals surface area contributed by atoms with E-state index in [0.717, 1.165) is 28.5 Å². The van der Waals surface area contributed by atoms with Crippen LogP contribution in [0.5, 0.6) is 0 Å². The molecule has 14 heavy (non-hydrogen) atoms. The predicted octanol–water partition coefficient (Wildman–Crippen LogP) is 3.48. The minimum atomic E-state index is -0.333. The molecule has 1 aromatic carbocycles. The molecule has 1 fully saturated rings. The molecule has 1 unspecified atom stereocenters. The Morgan fingerprint density at radius 3 is 2.79 bits per heavy atom. The Kier molecular flexibility index (Phi) is 2.80. The molecule has 0 bridgehead atoms. The van der Waals surface area contributed by atoms with Crippen LogP contribution in [-0.4, -0.2) is 5.11 Å². The minimum absolute atomic E-state index is 0.333. The van der Waals surface area contributed by atoms with E-state index in [1.807, 2.05) is 25.1 Å². The van der Waals surface area contributed by atoms with E-state index in [4.69, 9.17) is 11.6 Å². The summed E-state index contributed by atoms with van der Waals surface area (Å²) in [6, 6.07) is 5.81. The van der Waals surface area contributed by atoms with Crippen LogP contribution in [0.2, 0.25) is 5.02 Å². The zero-order valence-electron chi connectivity index (χ0n) is 8.33. The first kappa shape index (κ1) is 10.0. The highest BCUT2D eigenvalue weighted by atomic mass is 35.5. The Balaban J connectivity index is 2.10. The summed E-state index contributed by atoms with van der Waals surface area (Å²) in [6.45, 7) is 1.97. The SMILES string of the molecule is Cc1ccc(C(O)CC2CC2)cc1Cl. The molecule has 1 aliphatic rings. The molecule has 1 nitrogen and oxygen atoms in total. The molecule has 2 rings (SSSR count). The summed E-state index contributed by atoms with van der Waals surface area (Å²) in [5.74, 6) is 0.741. The van der Waals surface area contributed by atoms with Crippen LogP contribution in [0.25, 0.3) is 0 Å². The highest BCUT2D eigenvalue weighted by Gasteiger charge is 2.25. The molecule has 0 saturated heterocycles. The van der Waals surface area contributed by atoms with Crippen molar-refractivity contribution in [2.75, 3.05) is 0 Å². The fraction of sp³-hybridized carbons (Fsp3) is 0.500. The Morgan fingerprint density at radius 1 is 1.50 bits per heavy atom. The second-order valence-electron chi connectivity index (χ2n) is 4.20. The van der Waals surface area contributed by atoms with Gasteiger partial charge in [0.15, 0.2) is 0 Å². The van der Waals surface area contributed by atoms with E-state index in [2.05, 4.69) is 0 Å². The van der Waals surface area contributed by atoms with Gasteiger partial charge in [0.2, 0.25) is 0 Å². The smallest absolute Gasteiger partial charge is 0.0793 e. The predicted molar refractivity (Wildman–Crippen MR) is 58.5 cm³/mol. The third kappa shape index (κ3) is 2.28. The number of aliphatic hydroxyl groups excluding tert-OH is 1. The van der Waals surface area contributed by atoms with Gasteiger partial charge in [0, 0.05) is 5.02 Å². The standard InChI is InChI=1S/C12H15ClO/c1-8-2-5-10(7-11(8)13)12(14)6-9-3-4-9/h2,5,7,9,12,14H,3-4,6H2,1H3. The third-order valence-corrected chi connectivity index (χ3v) is 3.24. The molecule has 1 aliphatic carbocycles. The maximum absolute atomic E-state index is 9.89. The molecule has 1 atom stereocenters. The number of aryl methyl sites for hydroxylation is 1. The van der Waals surface area contributed by atoms with Gasteiger partial charge in [-0.2, -0.15) is 0 Å². The number of aliphatic hydroxyl groups is 1. The topological polar surface area (TPSA) is 20.2 Å². The van der Waals surface area contributed by atoms with Crippen LogP contribution in [0, 0.1) is 12.8 Å². The van der Waals surface area contributed by atoms with Crippen LogP contribution < -0.4 is 0 Å². The van der Waals surface area contributed by atoms with Crippen LogP contribution >= 0.6 is 11.6 Å². The van der Waals surface area contributed by atoms with Crippen molar-refractivity contribution < 1.29 is 5.11 Å². The number of rotatable bonds is 3. The highest BCUT2D eigenvalue weighted by Crippen LogP contribution is 2.38. The average molecular weight is 211 g/mol. The van der Waals surface area contributed by atoms with Gasteiger partial charge in [0.25, 0.3) is 0 Å². The number of benzene rings is 1. The summed E-state index contributed by atoms with van der Waals surface area (Å²) < 4.78 is 0. The summed E-state index contributed by atoms with van der Waals surface area (Å²) >= 11 is 6.00. The molecule has 0 aromatic heterocycles. The highest BCUT2D eigenvalue weighted by molar-refractivity contribution is 6.31. The maximum Gasteiger partial charge on any atom is 0.0793 e. The van der Waals surface area contributed by atoms with E-state index >= 15 is 0 Å². The first-order chi connectivity index (χ1) is 6.66. The lowest BCUT2D eigenvalue weighted by atomic mass is 10.0. The largest absolute Gasteiger partial charge is 0.388 e. The number of halogens is 1. The summed E-state index contributed by atoms with van der Waals surface area (Å²) in [6.07, 6.45) is 3.10. The molecule has 0 radical (unpaired) electrons. The van der Waals surface area contributed by atoms with Crippen molar-refractivity contribution in [3.05, 3.63) is 34.3 Å². The molecule has 1 aromatic rings. The third-order valence-electron chi connectivity index (χ3n) is 2.83. The van der Waals surface area contributed by atoms with Gasteiger partial charge in [-0.1, -0.05) is 36.6 Å². The van der Waals surface area contributed by atoms with Crippen molar-refractivity contribution in [1.29, 1.82) is 0 Å². The second-order valence-corrected chi connectivity index (χ2v) is 4.61. The van der Waals surface area contributed by atoms with E-state index in [1.54, 1.807) is 0 Å². The van der Waals surface area contributed by atoms with Crippen molar-refractivity contribution in [2.24, 2.45) is 5.92 Å². The molecule has 0 spiro atoms. The fourth-order valence-electron chi connectivity index (χ4n) is 1.62. The van der Waals surface area contributed by atoms with E-state index in [1.165, 1.54) is 12.8 Å². The molecule has 0 amide bonds. The van der Waals surface area contributed by atoms with Crippen molar-refractivity contribution in [1.82, 2.24) is 0 Å². The number of hydrogen-bond acceptors (Lipinski definition) is 1. The quantitative estimate of drug-likeness (QED) is 0.810.